The number of nitrogens with zero attached hydrogens (tertiary/aromatic N) is 2. The van der Waals surface area contributed by atoms with Gasteiger partial charge in [-0.25, -0.2) is 4.39 Å². The van der Waals surface area contributed by atoms with Crippen molar-refractivity contribution in [2.45, 2.75) is 39.0 Å². The fourth-order valence-electron chi connectivity index (χ4n) is 2.97. The Balaban J connectivity index is 1.61. The van der Waals surface area contributed by atoms with E-state index < -0.39 is 6.10 Å². The first kappa shape index (κ1) is 20.8. The molecule has 7 nitrogen and oxygen atoms in total. The van der Waals surface area contributed by atoms with Crippen molar-refractivity contribution >= 4 is 23.3 Å². The number of nitrogens with one attached hydrogen (secondary N) is 1. The predicted molar refractivity (Wildman–Crippen MR) is 105 cm³/mol. The van der Waals surface area contributed by atoms with Gasteiger partial charge in [0.05, 0.1) is 11.4 Å². The lowest BCUT2D eigenvalue weighted by molar-refractivity contribution is 0.101. The summed E-state index contributed by atoms with van der Waals surface area (Å²) in [4.78, 5) is 27.2. The molecule has 1 N–H and O–H groups in total. The van der Waals surface area contributed by atoms with E-state index in [1.165, 1.54) is 31.2 Å². The van der Waals surface area contributed by atoms with Crippen LogP contribution in [0.5, 0.6) is 5.75 Å². The van der Waals surface area contributed by atoms with E-state index in [2.05, 4.69) is 15.2 Å². The molecule has 0 saturated carbocycles. The third kappa shape index (κ3) is 4.73. The number of carbonyl (C=O) groups excluding carboxylic acids is 2. The van der Waals surface area contributed by atoms with Gasteiger partial charge in [0.1, 0.15) is 11.6 Å². The number of Topliss-reactive ketones (excluding diaryl/α,β-unsaturated/α-hetero) is 2. The number of rotatable bonds is 8. The smallest absolute Gasteiger partial charge is 0.277 e. The van der Waals surface area contributed by atoms with Crippen molar-refractivity contribution in [3.8, 4) is 5.75 Å². The van der Waals surface area contributed by atoms with Gasteiger partial charge in [-0.2, -0.15) is 0 Å². The van der Waals surface area contributed by atoms with E-state index in [9.17, 15) is 14.0 Å². The summed E-state index contributed by atoms with van der Waals surface area (Å²) < 4.78 is 24.2. The topological polar surface area (TPSA) is 98.1 Å². The number of thioether (sulfide) groups is 1. The molecule has 0 aliphatic rings. The Labute approximate surface area is 171 Å². The maximum atomic E-state index is 13.0. The summed E-state index contributed by atoms with van der Waals surface area (Å²) in [7, 11) is 0. The number of hydrogen-bond acceptors (Lipinski definition) is 7. The number of H-pyrrole nitrogens is 1. The highest BCUT2D eigenvalue weighted by Gasteiger charge is 2.21. The normalized spacial score (nSPS) is 12.0. The standard InChI is InChI=1S/C20H20FN3O4S/c1-10-17(12(3)25)11(2)22-18(10)16(26)9-29-20-24-23-19(28-20)13(4)27-15-7-5-14(21)6-8-15/h5-8,13,22H,9H2,1-4H3/t13-/m1/s1. The molecular formula is C20H20FN3O4S. The maximum Gasteiger partial charge on any atom is 0.277 e. The largest absolute Gasteiger partial charge is 0.481 e. The van der Waals surface area contributed by atoms with Gasteiger partial charge in [0.15, 0.2) is 17.7 Å². The van der Waals surface area contributed by atoms with E-state index in [1.807, 2.05) is 0 Å². The highest BCUT2D eigenvalue weighted by Crippen LogP contribution is 2.26. The predicted octanol–water partition coefficient (Wildman–Crippen LogP) is 4.47. The summed E-state index contributed by atoms with van der Waals surface area (Å²) >= 11 is 1.10. The Bertz CT molecular complexity index is 1040. The monoisotopic (exact) mass is 417 g/mol. The van der Waals surface area contributed by atoms with Gasteiger partial charge in [0.2, 0.25) is 0 Å². The van der Waals surface area contributed by atoms with Crippen LogP contribution in [0.15, 0.2) is 33.9 Å². The minimum atomic E-state index is -0.538. The summed E-state index contributed by atoms with van der Waals surface area (Å²) in [6.07, 6.45) is -0.538. The highest BCUT2D eigenvalue weighted by atomic mass is 32.2. The van der Waals surface area contributed by atoms with Crippen LogP contribution in [-0.2, 0) is 0 Å². The number of aromatic nitrogens is 3. The molecule has 1 aromatic carbocycles. The molecule has 0 spiro atoms. The van der Waals surface area contributed by atoms with Gasteiger partial charge in [0.25, 0.3) is 11.1 Å². The zero-order valence-corrected chi connectivity index (χ0v) is 17.2. The van der Waals surface area contributed by atoms with Crippen molar-refractivity contribution < 1.29 is 23.1 Å². The van der Waals surface area contributed by atoms with Gasteiger partial charge in [-0.3, -0.25) is 9.59 Å². The molecule has 0 fully saturated rings. The van der Waals surface area contributed by atoms with E-state index in [-0.39, 0.29) is 34.3 Å². The minimum Gasteiger partial charge on any atom is -0.481 e. The van der Waals surface area contributed by atoms with Crippen LogP contribution in [0.3, 0.4) is 0 Å². The van der Waals surface area contributed by atoms with Crippen molar-refractivity contribution in [2.24, 2.45) is 0 Å². The van der Waals surface area contributed by atoms with Crippen LogP contribution in [0.2, 0.25) is 0 Å². The molecule has 0 amide bonds. The van der Waals surface area contributed by atoms with Crippen LogP contribution in [0.4, 0.5) is 4.39 Å². The van der Waals surface area contributed by atoms with E-state index in [1.54, 1.807) is 20.8 Å². The van der Waals surface area contributed by atoms with E-state index in [0.29, 0.717) is 28.3 Å². The third-order valence-electron chi connectivity index (χ3n) is 4.29. The van der Waals surface area contributed by atoms with Crippen LogP contribution < -0.4 is 4.74 Å². The molecule has 2 heterocycles. The van der Waals surface area contributed by atoms with Gasteiger partial charge in [-0.05, 0) is 57.5 Å². The highest BCUT2D eigenvalue weighted by molar-refractivity contribution is 7.99. The van der Waals surface area contributed by atoms with E-state index in [0.717, 1.165) is 11.8 Å². The van der Waals surface area contributed by atoms with Gasteiger partial charge in [0, 0.05) is 11.3 Å². The molecule has 0 unspecified atom stereocenters. The van der Waals surface area contributed by atoms with Crippen LogP contribution >= 0.6 is 11.8 Å². The van der Waals surface area contributed by atoms with Crippen molar-refractivity contribution in [1.29, 1.82) is 0 Å². The summed E-state index contributed by atoms with van der Waals surface area (Å²) in [6, 6.07) is 5.61. The second kappa shape index (κ2) is 8.60. The summed E-state index contributed by atoms with van der Waals surface area (Å²) in [6.45, 7) is 6.71. The number of hydrogen-bond donors (Lipinski definition) is 1. The lowest BCUT2D eigenvalue weighted by Crippen LogP contribution is -2.05. The molecule has 0 radical (unpaired) electrons. The summed E-state index contributed by atoms with van der Waals surface area (Å²) in [5, 5.41) is 8.09. The van der Waals surface area contributed by atoms with Crippen molar-refractivity contribution in [3.63, 3.8) is 0 Å². The second-order valence-electron chi connectivity index (χ2n) is 6.51. The number of ether oxygens (including phenoxy) is 1. The molecule has 2 aromatic heterocycles. The van der Waals surface area contributed by atoms with Crippen LogP contribution in [-0.4, -0.2) is 32.5 Å². The van der Waals surface area contributed by atoms with Crippen LogP contribution in [0.1, 0.15) is 57.9 Å². The van der Waals surface area contributed by atoms with Crippen molar-refractivity contribution in [2.75, 3.05) is 5.75 Å². The second-order valence-corrected chi connectivity index (χ2v) is 7.44. The first-order valence-electron chi connectivity index (χ1n) is 8.88. The fraction of sp³-hybridized carbons (Fsp3) is 0.300. The Morgan fingerprint density at radius 2 is 1.93 bits per heavy atom. The number of ketones is 2. The van der Waals surface area contributed by atoms with Crippen LogP contribution in [0, 0.1) is 19.7 Å². The average molecular weight is 417 g/mol. The minimum absolute atomic E-state index is 0.0764. The lowest BCUT2D eigenvalue weighted by Gasteiger charge is -2.10. The molecule has 152 valence electrons. The summed E-state index contributed by atoms with van der Waals surface area (Å²) in [5.41, 5.74) is 2.28. The summed E-state index contributed by atoms with van der Waals surface area (Å²) in [5.74, 6) is 0.190. The first-order chi connectivity index (χ1) is 13.8. The Kier molecular flexibility index (Phi) is 6.17. The molecule has 0 bridgehead atoms. The molecule has 0 saturated heterocycles. The third-order valence-corrected chi connectivity index (χ3v) is 5.11. The molecule has 29 heavy (non-hydrogen) atoms. The zero-order valence-electron chi connectivity index (χ0n) is 16.4. The molecule has 1 atom stereocenters. The van der Waals surface area contributed by atoms with E-state index in [4.69, 9.17) is 9.15 Å². The molecule has 9 heteroatoms. The first-order valence-corrected chi connectivity index (χ1v) is 9.86. The van der Waals surface area contributed by atoms with Crippen LogP contribution in [0.25, 0.3) is 0 Å². The molecular weight excluding hydrogens is 397 g/mol. The number of aromatic amines is 1. The van der Waals surface area contributed by atoms with Gasteiger partial charge in [-0.1, -0.05) is 11.8 Å². The van der Waals surface area contributed by atoms with Crippen molar-refractivity contribution in [3.05, 3.63) is 58.5 Å². The number of benzene rings is 1. The fourth-order valence-corrected chi connectivity index (χ4v) is 3.61. The Hall–Kier alpha value is -2.94. The SMILES string of the molecule is CC(=O)c1c(C)[nH]c(C(=O)CSc2nnc([C@@H](C)Oc3ccc(F)cc3)o2)c1C. The lowest BCUT2D eigenvalue weighted by atomic mass is 10.1. The number of halogens is 1. The molecule has 0 aliphatic carbocycles. The number of carbonyl (C=O) groups is 2. The Morgan fingerprint density at radius 3 is 2.55 bits per heavy atom. The van der Waals surface area contributed by atoms with Gasteiger partial charge >= 0.3 is 0 Å². The van der Waals surface area contributed by atoms with Gasteiger partial charge in [-0.15, -0.1) is 10.2 Å². The van der Waals surface area contributed by atoms with Gasteiger partial charge < -0.3 is 14.1 Å². The van der Waals surface area contributed by atoms with Crippen molar-refractivity contribution in [1.82, 2.24) is 15.2 Å². The quantitative estimate of drug-likeness (QED) is 0.426. The Morgan fingerprint density at radius 1 is 1.24 bits per heavy atom. The molecule has 3 aromatic rings. The molecule has 0 aliphatic heterocycles. The average Bonchev–Trinajstić information content (AvgIpc) is 3.26. The number of aryl methyl sites for hydroxylation is 1. The maximum absolute atomic E-state index is 13.0. The molecule has 3 rings (SSSR count). The van der Waals surface area contributed by atoms with E-state index >= 15 is 0 Å². The zero-order chi connectivity index (χ0) is 21.1.